The lowest BCUT2D eigenvalue weighted by molar-refractivity contribution is -0.123. The molecule has 50 heavy (non-hydrogen) atoms. The van der Waals surface area contributed by atoms with Crippen molar-refractivity contribution in [3.63, 3.8) is 0 Å². The van der Waals surface area contributed by atoms with E-state index in [4.69, 9.17) is 14.2 Å². The van der Waals surface area contributed by atoms with Crippen molar-refractivity contribution in [3.8, 4) is 28.4 Å². The normalized spacial score (nSPS) is 17.8. The molecule has 13 heteroatoms. The number of amides is 3. The van der Waals surface area contributed by atoms with Crippen LogP contribution in [0.25, 0.3) is 11.1 Å². The lowest BCUT2D eigenvalue weighted by atomic mass is 9.97. The van der Waals surface area contributed by atoms with Gasteiger partial charge in [0.1, 0.15) is 11.9 Å². The van der Waals surface area contributed by atoms with Crippen LogP contribution in [0.5, 0.6) is 17.2 Å². The van der Waals surface area contributed by atoms with Crippen molar-refractivity contribution in [1.82, 2.24) is 15.5 Å². The number of likely N-dealkylation sites (tertiary alicyclic amines) is 1. The molecule has 0 radical (unpaired) electrons. The van der Waals surface area contributed by atoms with Crippen LogP contribution in [0, 0.1) is 6.92 Å². The number of ether oxygens (including phenoxy) is 3. The second-order valence-electron chi connectivity index (χ2n) is 12.3. The van der Waals surface area contributed by atoms with Crippen LogP contribution in [0.4, 0.5) is 5.69 Å². The number of hydrogen-bond donors (Lipinski definition) is 2. The van der Waals surface area contributed by atoms with Gasteiger partial charge in [0.05, 0.1) is 31.6 Å². The maximum Gasteiger partial charge on any atom is 0.258 e. The van der Waals surface area contributed by atoms with Gasteiger partial charge in [0.25, 0.3) is 17.7 Å². The molecule has 0 spiro atoms. The second kappa shape index (κ2) is 14.1. The molecule has 0 unspecified atom stereocenters. The van der Waals surface area contributed by atoms with Gasteiger partial charge in [0, 0.05) is 31.3 Å². The predicted octanol–water partition coefficient (Wildman–Crippen LogP) is 3.78. The Balaban J connectivity index is 1.33. The molecule has 12 nitrogen and oxygen atoms in total. The van der Waals surface area contributed by atoms with E-state index in [1.807, 2.05) is 31.2 Å². The van der Waals surface area contributed by atoms with E-state index in [0.717, 1.165) is 32.8 Å². The highest BCUT2D eigenvalue weighted by Crippen LogP contribution is 2.32. The van der Waals surface area contributed by atoms with Crippen LogP contribution in [0.15, 0.2) is 84.9 Å². The highest BCUT2D eigenvalue weighted by atomic mass is 32.2. The zero-order chi connectivity index (χ0) is 35.6. The fraction of sp³-hybridized carbons (Fsp3) is 0.270. The SMILES string of the molecule is COc1cc2ccc1O[C@H]1CN(C(=O)c3ccc(N(C)S(C)(=O)=O)cc3)C[C@@H]1NC(=O)c1ccc(C)c(c1)-c1cccc(c1)OCC(=O)NC2. The third kappa shape index (κ3) is 7.52. The molecule has 0 saturated carbocycles. The largest absolute Gasteiger partial charge is 0.493 e. The molecule has 0 aromatic heterocycles. The molecule has 1 saturated heterocycles. The highest BCUT2D eigenvalue weighted by molar-refractivity contribution is 7.92. The number of benzene rings is 4. The third-order valence-electron chi connectivity index (χ3n) is 8.86. The first-order valence-corrected chi connectivity index (χ1v) is 17.8. The van der Waals surface area contributed by atoms with Gasteiger partial charge in [0.2, 0.25) is 10.0 Å². The molecule has 4 aromatic rings. The molecule has 4 aromatic carbocycles. The molecule has 0 aliphatic carbocycles. The summed E-state index contributed by atoms with van der Waals surface area (Å²) < 4.78 is 43.0. The number of carbonyl (C=O) groups is 3. The van der Waals surface area contributed by atoms with Crippen LogP contribution in [0.2, 0.25) is 0 Å². The zero-order valence-electron chi connectivity index (χ0n) is 28.1. The molecule has 3 heterocycles. The first-order valence-electron chi connectivity index (χ1n) is 16.0. The van der Waals surface area contributed by atoms with Gasteiger partial charge in [-0.05, 0) is 89.8 Å². The summed E-state index contributed by atoms with van der Waals surface area (Å²) in [5.41, 5.74) is 4.56. The van der Waals surface area contributed by atoms with Gasteiger partial charge in [-0.2, -0.15) is 0 Å². The first-order chi connectivity index (χ1) is 23.9. The topological polar surface area (TPSA) is 144 Å². The Kier molecular flexibility index (Phi) is 9.69. The standard InChI is InChI=1S/C37H38N4O8S/c1-23-8-10-27-18-30(23)26-6-5-7-29(17-26)48-22-35(42)38-19-24-9-15-32(33(16-24)47-3)49-34-21-41(20-31(34)39-36(27)43)37(44)25-11-13-28(14-12-25)40(2)50(4,45)46/h5-18,31,34H,19-22H2,1-4H3,(H,38,42)(H,39,43)/t31-,34-/m0/s1. The Morgan fingerprint density at radius 1 is 0.960 bits per heavy atom. The van der Waals surface area contributed by atoms with Crippen LogP contribution in [0.3, 0.4) is 0 Å². The lowest BCUT2D eigenvalue weighted by Gasteiger charge is -2.23. The van der Waals surface area contributed by atoms with Crippen molar-refractivity contribution in [3.05, 3.63) is 107 Å². The summed E-state index contributed by atoms with van der Waals surface area (Å²) in [4.78, 5) is 41.8. The van der Waals surface area contributed by atoms with E-state index < -0.39 is 22.2 Å². The zero-order valence-corrected chi connectivity index (χ0v) is 29.0. The van der Waals surface area contributed by atoms with Gasteiger partial charge in [-0.1, -0.05) is 24.3 Å². The van der Waals surface area contributed by atoms with Gasteiger partial charge in [-0.3, -0.25) is 18.7 Å². The Hall–Kier alpha value is -5.56. The lowest BCUT2D eigenvalue weighted by Crippen LogP contribution is -2.45. The van der Waals surface area contributed by atoms with Crippen LogP contribution in [-0.4, -0.2) is 83.3 Å². The average molecular weight is 699 g/mol. The van der Waals surface area contributed by atoms with E-state index in [2.05, 4.69) is 10.6 Å². The Morgan fingerprint density at radius 3 is 2.48 bits per heavy atom. The minimum atomic E-state index is -3.47. The van der Waals surface area contributed by atoms with Gasteiger partial charge >= 0.3 is 0 Å². The number of anilines is 1. The summed E-state index contributed by atoms with van der Waals surface area (Å²) >= 11 is 0. The molecule has 260 valence electrons. The molecule has 3 aliphatic heterocycles. The molecular formula is C37H38N4O8S. The molecule has 2 N–H and O–H groups in total. The van der Waals surface area contributed by atoms with Crippen LogP contribution < -0.4 is 29.1 Å². The molecule has 6 bridgehead atoms. The number of methoxy groups -OCH3 is 1. The van der Waals surface area contributed by atoms with Gasteiger partial charge < -0.3 is 29.7 Å². The van der Waals surface area contributed by atoms with Crippen molar-refractivity contribution in [2.24, 2.45) is 0 Å². The van der Waals surface area contributed by atoms with E-state index in [1.54, 1.807) is 65.6 Å². The fourth-order valence-corrected chi connectivity index (χ4v) is 6.45. The van der Waals surface area contributed by atoms with Crippen molar-refractivity contribution in [1.29, 1.82) is 0 Å². The van der Waals surface area contributed by atoms with Crippen LogP contribution in [0.1, 0.15) is 31.8 Å². The minimum absolute atomic E-state index is 0.154. The summed E-state index contributed by atoms with van der Waals surface area (Å²) in [5.74, 6) is 0.404. The number of hydrogen-bond acceptors (Lipinski definition) is 8. The number of nitrogens with zero attached hydrogens (tertiary/aromatic N) is 2. The van der Waals surface area contributed by atoms with E-state index in [0.29, 0.717) is 34.1 Å². The van der Waals surface area contributed by atoms with Crippen LogP contribution >= 0.6 is 0 Å². The fourth-order valence-electron chi connectivity index (χ4n) is 5.95. The highest BCUT2D eigenvalue weighted by Gasteiger charge is 2.39. The van der Waals surface area contributed by atoms with Crippen LogP contribution in [-0.2, 0) is 21.4 Å². The van der Waals surface area contributed by atoms with Crippen molar-refractivity contribution >= 4 is 33.4 Å². The first kappa shape index (κ1) is 34.3. The molecular weight excluding hydrogens is 660 g/mol. The quantitative estimate of drug-likeness (QED) is 0.328. The number of carbonyl (C=O) groups excluding carboxylic acids is 3. The van der Waals surface area contributed by atoms with Crippen molar-refractivity contribution in [2.75, 3.05) is 44.4 Å². The van der Waals surface area contributed by atoms with Gasteiger partial charge in [0.15, 0.2) is 18.1 Å². The minimum Gasteiger partial charge on any atom is -0.493 e. The molecule has 3 aliphatic rings. The number of aryl methyl sites for hydroxylation is 1. The van der Waals surface area contributed by atoms with Gasteiger partial charge in [-0.15, -0.1) is 0 Å². The summed E-state index contributed by atoms with van der Waals surface area (Å²) in [6.07, 6.45) is 0.454. The maximum absolute atomic E-state index is 13.8. The Bertz CT molecular complexity index is 2050. The molecule has 3 amide bonds. The summed E-state index contributed by atoms with van der Waals surface area (Å²) in [7, 11) is -0.522. The van der Waals surface area contributed by atoms with E-state index in [9.17, 15) is 22.8 Å². The van der Waals surface area contributed by atoms with E-state index in [-0.39, 0.29) is 44.0 Å². The molecule has 2 atom stereocenters. The van der Waals surface area contributed by atoms with Crippen molar-refractivity contribution < 1.29 is 37.0 Å². The molecule has 1 fully saturated rings. The maximum atomic E-state index is 13.8. The monoisotopic (exact) mass is 698 g/mol. The summed E-state index contributed by atoms with van der Waals surface area (Å²) in [6, 6.07) is 23.7. The predicted molar refractivity (Wildman–Crippen MR) is 188 cm³/mol. The smallest absolute Gasteiger partial charge is 0.258 e. The number of rotatable bonds is 4. The van der Waals surface area contributed by atoms with Crippen molar-refractivity contribution in [2.45, 2.75) is 25.6 Å². The second-order valence-corrected chi connectivity index (χ2v) is 14.3. The number of fused-ring (bicyclic) bond motifs is 7. The average Bonchev–Trinajstić information content (AvgIpc) is 3.50. The van der Waals surface area contributed by atoms with E-state index >= 15 is 0 Å². The Labute approximate surface area is 291 Å². The third-order valence-corrected chi connectivity index (χ3v) is 10.1. The molecule has 7 rings (SSSR count). The summed E-state index contributed by atoms with van der Waals surface area (Å²) in [6.45, 7) is 2.31. The van der Waals surface area contributed by atoms with Gasteiger partial charge in [-0.25, -0.2) is 8.42 Å². The Morgan fingerprint density at radius 2 is 1.74 bits per heavy atom. The number of nitrogens with one attached hydrogen (secondary N) is 2. The van der Waals surface area contributed by atoms with E-state index in [1.165, 1.54) is 14.2 Å². The number of sulfonamides is 1. The summed E-state index contributed by atoms with van der Waals surface area (Å²) in [5, 5.41) is 5.97.